The van der Waals surface area contributed by atoms with Crippen LogP contribution in [0.5, 0.6) is 5.75 Å². The minimum atomic E-state index is -0.850. The van der Waals surface area contributed by atoms with Crippen LogP contribution in [0.25, 0.3) is 0 Å². The molecule has 0 saturated heterocycles. The Bertz CT molecular complexity index is 361. The molecule has 1 aliphatic rings. The number of hydrogen-bond acceptors (Lipinski definition) is 2. The van der Waals surface area contributed by atoms with Gasteiger partial charge in [0.15, 0.2) is 0 Å². The van der Waals surface area contributed by atoms with E-state index in [9.17, 15) is 10.2 Å². The number of hydrogen-bond donors (Lipinski definition) is 2. The van der Waals surface area contributed by atoms with Crippen molar-refractivity contribution in [2.75, 3.05) is 0 Å². The Hall–Kier alpha value is -0.250. The Labute approximate surface area is 89.3 Å². The zero-order chi connectivity index (χ0) is 9.64. The van der Waals surface area contributed by atoms with Crippen molar-refractivity contribution in [1.82, 2.24) is 0 Å². The summed E-state index contributed by atoms with van der Waals surface area (Å²) in [6.07, 6.45) is 1.38. The van der Waals surface area contributed by atoms with Crippen molar-refractivity contribution in [3.8, 4) is 5.75 Å². The van der Waals surface area contributed by atoms with Gasteiger partial charge < -0.3 is 10.2 Å². The second-order valence-electron chi connectivity index (χ2n) is 3.32. The third-order valence-corrected chi connectivity index (χ3v) is 3.08. The van der Waals surface area contributed by atoms with Gasteiger partial charge in [0.2, 0.25) is 0 Å². The monoisotopic (exact) mass is 262 g/mol. The molecule has 0 unspecified atom stereocenters. The highest BCUT2D eigenvalue weighted by atomic mass is 79.9. The minimum absolute atomic E-state index is 0.0874. The molecule has 0 aliphatic heterocycles. The number of rotatable bonds is 1. The van der Waals surface area contributed by atoms with Crippen LogP contribution in [0.3, 0.4) is 0 Å². The maximum Gasteiger partial charge on any atom is 0.135 e. The molecular formula is C9H8BrClO2. The SMILES string of the molecule is Oc1c(Br)cc(Cl)cc1C1(O)CC1. The summed E-state index contributed by atoms with van der Waals surface area (Å²) in [7, 11) is 0. The normalized spacial score (nSPS) is 18.7. The molecule has 2 N–H and O–H groups in total. The largest absolute Gasteiger partial charge is 0.506 e. The van der Waals surface area contributed by atoms with Crippen molar-refractivity contribution in [2.45, 2.75) is 18.4 Å². The average Bonchev–Trinajstić information content (AvgIpc) is 2.77. The van der Waals surface area contributed by atoms with E-state index in [0.29, 0.717) is 27.9 Å². The highest BCUT2D eigenvalue weighted by Crippen LogP contribution is 2.50. The number of phenols is 1. The number of benzene rings is 1. The van der Waals surface area contributed by atoms with Gasteiger partial charge in [0.25, 0.3) is 0 Å². The van der Waals surface area contributed by atoms with Gasteiger partial charge in [-0.2, -0.15) is 0 Å². The van der Waals surface area contributed by atoms with Gasteiger partial charge in [-0.1, -0.05) is 11.6 Å². The van der Waals surface area contributed by atoms with Crippen molar-refractivity contribution in [3.63, 3.8) is 0 Å². The minimum Gasteiger partial charge on any atom is -0.506 e. The van der Waals surface area contributed by atoms with E-state index in [2.05, 4.69) is 15.9 Å². The number of aliphatic hydroxyl groups is 1. The maximum absolute atomic E-state index is 9.79. The first kappa shape index (κ1) is 9.31. The molecule has 2 nitrogen and oxygen atoms in total. The van der Waals surface area contributed by atoms with Crippen molar-refractivity contribution in [3.05, 3.63) is 27.2 Å². The molecule has 1 aromatic carbocycles. The summed E-state index contributed by atoms with van der Waals surface area (Å²) in [6, 6.07) is 3.21. The van der Waals surface area contributed by atoms with Gasteiger partial charge >= 0.3 is 0 Å². The molecule has 1 aromatic rings. The van der Waals surface area contributed by atoms with E-state index in [1.165, 1.54) is 0 Å². The lowest BCUT2D eigenvalue weighted by molar-refractivity contribution is 0.147. The van der Waals surface area contributed by atoms with Crippen LogP contribution in [-0.4, -0.2) is 10.2 Å². The molecule has 4 heteroatoms. The van der Waals surface area contributed by atoms with E-state index in [0.717, 1.165) is 0 Å². The lowest BCUT2D eigenvalue weighted by atomic mass is 10.1. The Balaban J connectivity index is 2.56. The van der Waals surface area contributed by atoms with Crippen LogP contribution in [0, 0.1) is 0 Å². The summed E-state index contributed by atoms with van der Waals surface area (Å²) >= 11 is 8.98. The molecule has 0 aromatic heterocycles. The van der Waals surface area contributed by atoms with Crippen LogP contribution in [0.2, 0.25) is 5.02 Å². The summed E-state index contributed by atoms with van der Waals surface area (Å²) in [5.41, 5.74) is -0.329. The average molecular weight is 264 g/mol. The van der Waals surface area contributed by atoms with Crippen LogP contribution >= 0.6 is 27.5 Å². The van der Waals surface area contributed by atoms with E-state index in [4.69, 9.17) is 11.6 Å². The van der Waals surface area contributed by atoms with Gasteiger partial charge in [0.05, 0.1) is 10.1 Å². The molecule has 1 fully saturated rings. The summed E-state index contributed by atoms with van der Waals surface area (Å²) in [5.74, 6) is 0.0874. The zero-order valence-corrected chi connectivity index (χ0v) is 9.06. The summed E-state index contributed by atoms with van der Waals surface area (Å²) < 4.78 is 0.523. The van der Waals surface area contributed by atoms with Crippen molar-refractivity contribution in [1.29, 1.82) is 0 Å². The number of halogens is 2. The molecular weight excluding hydrogens is 255 g/mol. The highest BCUT2D eigenvalue weighted by molar-refractivity contribution is 9.10. The van der Waals surface area contributed by atoms with Crippen LogP contribution < -0.4 is 0 Å². The Morgan fingerprint density at radius 1 is 1.38 bits per heavy atom. The van der Waals surface area contributed by atoms with E-state index in [-0.39, 0.29) is 5.75 Å². The molecule has 0 radical (unpaired) electrons. The van der Waals surface area contributed by atoms with Gasteiger partial charge in [-0.3, -0.25) is 0 Å². The topological polar surface area (TPSA) is 40.5 Å². The second kappa shape index (κ2) is 2.87. The molecule has 0 atom stereocenters. The first-order valence-electron chi connectivity index (χ1n) is 3.94. The van der Waals surface area contributed by atoms with E-state index < -0.39 is 5.60 Å². The first-order chi connectivity index (χ1) is 6.03. The zero-order valence-electron chi connectivity index (χ0n) is 6.72. The van der Waals surface area contributed by atoms with Gasteiger partial charge in [-0.05, 0) is 40.9 Å². The molecule has 1 saturated carbocycles. The van der Waals surface area contributed by atoms with Crippen molar-refractivity contribution < 1.29 is 10.2 Å². The molecule has 0 spiro atoms. The van der Waals surface area contributed by atoms with Gasteiger partial charge in [0.1, 0.15) is 5.75 Å². The van der Waals surface area contributed by atoms with Gasteiger partial charge in [-0.15, -0.1) is 0 Å². The Morgan fingerprint density at radius 2 is 2.00 bits per heavy atom. The Kier molecular flexibility index (Phi) is 2.06. The first-order valence-corrected chi connectivity index (χ1v) is 5.11. The van der Waals surface area contributed by atoms with Crippen LogP contribution in [0.15, 0.2) is 16.6 Å². The summed E-state index contributed by atoms with van der Waals surface area (Å²) in [6.45, 7) is 0. The fourth-order valence-corrected chi connectivity index (χ4v) is 2.12. The third kappa shape index (κ3) is 1.56. The van der Waals surface area contributed by atoms with Crippen molar-refractivity contribution in [2.24, 2.45) is 0 Å². The standard InChI is InChI=1S/C9H8BrClO2/c10-7-4-5(11)3-6(8(7)12)9(13)1-2-9/h3-4,12-13H,1-2H2. The Morgan fingerprint density at radius 3 is 2.54 bits per heavy atom. The summed E-state index contributed by atoms with van der Waals surface area (Å²) in [4.78, 5) is 0. The van der Waals surface area contributed by atoms with Crippen LogP contribution in [0.1, 0.15) is 18.4 Å². The predicted octanol–water partition coefficient (Wildman–Crippen LogP) is 2.79. The predicted molar refractivity (Wildman–Crippen MR) is 53.9 cm³/mol. The van der Waals surface area contributed by atoms with Crippen molar-refractivity contribution >= 4 is 27.5 Å². The quantitative estimate of drug-likeness (QED) is 0.818. The molecule has 2 rings (SSSR count). The molecule has 1 aliphatic carbocycles. The molecule has 0 heterocycles. The number of aromatic hydroxyl groups is 1. The molecule has 13 heavy (non-hydrogen) atoms. The van der Waals surface area contributed by atoms with Gasteiger partial charge in [-0.25, -0.2) is 0 Å². The fraction of sp³-hybridized carbons (Fsp3) is 0.333. The summed E-state index contributed by atoms with van der Waals surface area (Å²) in [5, 5.41) is 19.9. The third-order valence-electron chi connectivity index (χ3n) is 2.25. The van der Waals surface area contributed by atoms with Gasteiger partial charge in [0, 0.05) is 10.6 Å². The highest BCUT2D eigenvalue weighted by Gasteiger charge is 2.44. The fourth-order valence-electron chi connectivity index (χ4n) is 1.31. The maximum atomic E-state index is 9.79. The lowest BCUT2D eigenvalue weighted by Crippen LogP contribution is -2.04. The molecule has 70 valence electrons. The van der Waals surface area contributed by atoms with E-state index in [1.54, 1.807) is 12.1 Å². The van der Waals surface area contributed by atoms with E-state index >= 15 is 0 Å². The molecule has 0 bridgehead atoms. The lowest BCUT2D eigenvalue weighted by Gasteiger charge is -2.11. The molecule has 0 amide bonds. The van der Waals surface area contributed by atoms with Crippen LogP contribution in [-0.2, 0) is 5.60 Å². The van der Waals surface area contributed by atoms with Crippen LogP contribution in [0.4, 0.5) is 0 Å². The van der Waals surface area contributed by atoms with E-state index in [1.807, 2.05) is 0 Å². The second-order valence-corrected chi connectivity index (χ2v) is 4.61. The number of phenolic OH excluding ortho intramolecular Hbond substituents is 1. The smallest absolute Gasteiger partial charge is 0.135 e.